The zero-order valence-corrected chi connectivity index (χ0v) is 11.8. The van der Waals surface area contributed by atoms with Gasteiger partial charge < -0.3 is 9.64 Å². The van der Waals surface area contributed by atoms with Crippen LogP contribution in [0.25, 0.3) is 0 Å². The van der Waals surface area contributed by atoms with Gasteiger partial charge >= 0.3 is 0 Å². The van der Waals surface area contributed by atoms with E-state index in [4.69, 9.17) is 4.74 Å². The highest BCUT2D eigenvalue weighted by molar-refractivity contribution is 5.79. The van der Waals surface area contributed by atoms with Gasteiger partial charge in [-0.2, -0.15) is 0 Å². The highest BCUT2D eigenvalue weighted by Gasteiger charge is 2.28. The van der Waals surface area contributed by atoms with Crippen molar-refractivity contribution in [2.75, 3.05) is 19.8 Å². The summed E-state index contributed by atoms with van der Waals surface area (Å²) in [7, 11) is 0. The van der Waals surface area contributed by atoms with E-state index in [0.717, 1.165) is 26.0 Å². The third-order valence-corrected chi connectivity index (χ3v) is 3.67. The van der Waals surface area contributed by atoms with E-state index in [1.165, 1.54) is 5.56 Å². The Morgan fingerprint density at radius 1 is 1.37 bits per heavy atom. The molecule has 1 atom stereocenters. The SMILES string of the molecule is CC(C)N(CCc1ccccc1)C(=O)[C@@H]1CCOC1. The Hall–Kier alpha value is -1.35. The Kier molecular flexibility index (Phi) is 4.97. The Morgan fingerprint density at radius 3 is 2.68 bits per heavy atom. The largest absolute Gasteiger partial charge is 0.381 e. The van der Waals surface area contributed by atoms with E-state index in [0.29, 0.717) is 6.61 Å². The maximum Gasteiger partial charge on any atom is 0.228 e. The minimum atomic E-state index is 0.0678. The zero-order valence-electron chi connectivity index (χ0n) is 11.8. The summed E-state index contributed by atoms with van der Waals surface area (Å²) in [4.78, 5) is 14.4. The van der Waals surface area contributed by atoms with Crippen LogP contribution < -0.4 is 0 Å². The number of hydrogen-bond donors (Lipinski definition) is 0. The summed E-state index contributed by atoms with van der Waals surface area (Å²) in [5, 5.41) is 0. The van der Waals surface area contributed by atoms with Gasteiger partial charge in [-0.3, -0.25) is 4.79 Å². The van der Waals surface area contributed by atoms with E-state index in [2.05, 4.69) is 26.0 Å². The molecule has 0 N–H and O–H groups in total. The smallest absolute Gasteiger partial charge is 0.228 e. The highest BCUT2D eigenvalue weighted by Crippen LogP contribution is 2.17. The minimum absolute atomic E-state index is 0.0678. The molecular formula is C16H23NO2. The summed E-state index contributed by atoms with van der Waals surface area (Å²) in [5.41, 5.74) is 1.28. The van der Waals surface area contributed by atoms with E-state index in [1.807, 2.05) is 23.1 Å². The van der Waals surface area contributed by atoms with Gasteiger partial charge in [0.15, 0.2) is 0 Å². The number of rotatable bonds is 5. The van der Waals surface area contributed by atoms with Crippen molar-refractivity contribution in [2.45, 2.75) is 32.7 Å². The molecule has 1 aromatic rings. The van der Waals surface area contributed by atoms with Gasteiger partial charge in [-0.1, -0.05) is 30.3 Å². The first-order chi connectivity index (χ1) is 9.18. The number of amides is 1. The van der Waals surface area contributed by atoms with Crippen molar-refractivity contribution in [2.24, 2.45) is 5.92 Å². The monoisotopic (exact) mass is 261 g/mol. The molecule has 1 fully saturated rings. The normalized spacial score (nSPS) is 18.8. The van der Waals surface area contributed by atoms with Gasteiger partial charge in [0.05, 0.1) is 12.5 Å². The number of ether oxygens (including phenoxy) is 1. The van der Waals surface area contributed by atoms with E-state index < -0.39 is 0 Å². The Morgan fingerprint density at radius 2 is 2.11 bits per heavy atom. The van der Waals surface area contributed by atoms with Crippen molar-refractivity contribution in [1.82, 2.24) is 4.90 Å². The molecule has 1 heterocycles. The van der Waals surface area contributed by atoms with Crippen LogP contribution in [-0.4, -0.2) is 36.6 Å². The Bertz CT molecular complexity index is 396. The highest BCUT2D eigenvalue weighted by atomic mass is 16.5. The first-order valence-electron chi connectivity index (χ1n) is 7.10. The van der Waals surface area contributed by atoms with Crippen LogP contribution in [0.2, 0.25) is 0 Å². The van der Waals surface area contributed by atoms with Crippen LogP contribution in [0.1, 0.15) is 25.8 Å². The van der Waals surface area contributed by atoms with Gasteiger partial charge in [0.25, 0.3) is 0 Å². The van der Waals surface area contributed by atoms with Crippen molar-refractivity contribution in [3.63, 3.8) is 0 Å². The number of carbonyl (C=O) groups is 1. The molecular weight excluding hydrogens is 238 g/mol. The van der Waals surface area contributed by atoms with E-state index >= 15 is 0 Å². The molecule has 1 aromatic carbocycles. The lowest BCUT2D eigenvalue weighted by molar-refractivity contribution is -0.137. The standard InChI is InChI=1S/C16H23NO2/c1-13(2)17(16(18)15-9-11-19-12-15)10-8-14-6-4-3-5-7-14/h3-7,13,15H,8-12H2,1-2H3/t15-/m1/s1. The molecule has 0 aliphatic carbocycles. The molecule has 0 saturated carbocycles. The molecule has 3 heteroatoms. The number of hydrogen-bond acceptors (Lipinski definition) is 2. The maximum absolute atomic E-state index is 12.5. The first-order valence-corrected chi connectivity index (χ1v) is 7.10. The fourth-order valence-corrected chi connectivity index (χ4v) is 2.48. The van der Waals surface area contributed by atoms with Gasteiger partial charge in [-0.25, -0.2) is 0 Å². The molecule has 0 radical (unpaired) electrons. The average Bonchev–Trinajstić information content (AvgIpc) is 2.93. The van der Waals surface area contributed by atoms with Crippen molar-refractivity contribution in [1.29, 1.82) is 0 Å². The molecule has 1 aliphatic heterocycles. The first kappa shape index (κ1) is 14.1. The number of nitrogens with zero attached hydrogens (tertiary/aromatic N) is 1. The molecule has 2 rings (SSSR count). The van der Waals surface area contributed by atoms with Crippen molar-refractivity contribution in [3.05, 3.63) is 35.9 Å². The lowest BCUT2D eigenvalue weighted by atomic mass is 10.1. The van der Waals surface area contributed by atoms with E-state index in [1.54, 1.807) is 0 Å². The van der Waals surface area contributed by atoms with Crippen molar-refractivity contribution >= 4 is 5.91 Å². The van der Waals surface area contributed by atoms with Crippen LogP contribution in [0.4, 0.5) is 0 Å². The van der Waals surface area contributed by atoms with Crippen molar-refractivity contribution in [3.8, 4) is 0 Å². The molecule has 0 spiro atoms. The number of carbonyl (C=O) groups excluding carboxylic acids is 1. The second-order valence-electron chi connectivity index (χ2n) is 5.42. The summed E-state index contributed by atoms with van der Waals surface area (Å²) < 4.78 is 5.32. The quantitative estimate of drug-likeness (QED) is 0.815. The maximum atomic E-state index is 12.5. The third kappa shape index (κ3) is 3.80. The van der Waals surface area contributed by atoms with Crippen LogP contribution in [0.5, 0.6) is 0 Å². The second-order valence-corrected chi connectivity index (χ2v) is 5.42. The van der Waals surface area contributed by atoms with Gasteiger partial charge in [0.1, 0.15) is 0 Å². The summed E-state index contributed by atoms with van der Waals surface area (Å²) in [6.07, 6.45) is 1.78. The molecule has 0 unspecified atom stereocenters. The Labute approximate surface area is 115 Å². The Balaban J connectivity index is 1.94. The van der Waals surface area contributed by atoms with Gasteiger partial charge in [-0.05, 0) is 32.3 Å². The summed E-state index contributed by atoms with van der Waals surface area (Å²) in [6, 6.07) is 10.6. The predicted molar refractivity (Wildman–Crippen MR) is 75.9 cm³/mol. The molecule has 104 valence electrons. The third-order valence-electron chi connectivity index (χ3n) is 3.67. The van der Waals surface area contributed by atoms with Crippen LogP contribution in [0.3, 0.4) is 0 Å². The van der Waals surface area contributed by atoms with Crippen LogP contribution in [-0.2, 0) is 16.0 Å². The molecule has 3 nitrogen and oxygen atoms in total. The lowest BCUT2D eigenvalue weighted by Gasteiger charge is -2.29. The molecule has 1 saturated heterocycles. The van der Waals surface area contributed by atoms with Gasteiger partial charge in [0.2, 0.25) is 5.91 Å². The van der Waals surface area contributed by atoms with Crippen molar-refractivity contribution < 1.29 is 9.53 Å². The van der Waals surface area contributed by atoms with Gasteiger partial charge in [-0.15, -0.1) is 0 Å². The average molecular weight is 261 g/mol. The second kappa shape index (κ2) is 6.71. The van der Waals surface area contributed by atoms with E-state index in [9.17, 15) is 4.79 Å². The lowest BCUT2D eigenvalue weighted by Crippen LogP contribution is -2.42. The molecule has 0 bridgehead atoms. The fourth-order valence-electron chi connectivity index (χ4n) is 2.48. The summed E-state index contributed by atoms with van der Waals surface area (Å²) in [6.45, 7) is 6.27. The van der Waals surface area contributed by atoms with Gasteiger partial charge in [0, 0.05) is 19.2 Å². The molecule has 1 aliphatic rings. The predicted octanol–water partition coefficient (Wildman–Crippen LogP) is 2.50. The minimum Gasteiger partial charge on any atom is -0.381 e. The topological polar surface area (TPSA) is 29.5 Å². The summed E-state index contributed by atoms with van der Waals surface area (Å²) in [5.74, 6) is 0.321. The van der Waals surface area contributed by atoms with Crippen LogP contribution in [0.15, 0.2) is 30.3 Å². The zero-order chi connectivity index (χ0) is 13.7. The molecule has 1 amide bonds. The molecule has 19 heavy (non-hydrogen) atoms. The summed E-state index contributed by atoms with van der Waals surface area (Å²) >= 11 is 0. The number of benzene rings is 1. The van der Waals surface area contributed by atoms with E-state index in [-0.39, 0.29) is 17.9 Å². The fraction of sp³-hybridized carbons (Fsp3) is 0.562. The van der Waals surface area contributed by atoms with Crippen LogP contribution >= 0.6 is 0 Å². The van der Waals surface area contributed by atoms with Crippen LogP contribution in [0, 0.1) is 5.92 Å². The molecule has 0 aromatic heterocycles.